The van der Waals surface area contributed by atoms with Crippen LogP contribution in [0.3, 0.4) is 0 Å². The lowest BCUT2D eigenvalue weighted by molar-refractivity contribution is 0.471. The molecule has 0 saturated carbocycles. The molecule has 0 atom stereocenters. The first kappa shape index (κ1) is 12.0. The predicted octanol–water partition coefficient (Wildman–Crippen LogP) is 3.15. The number of hydrogen-bond acceptors (Lipinski definition) is 4. The molecule has 2 N–H and O–H groups in total. The van der Waals surface area contributed by atoms with Crippen molar-refractivity contribution in [3.8, 4) is 10.9 Å². The van der Waals surface area contributed by atoms with E-state index in [1.807, 2.05) is 13.8 Å². The van der Waals surface area contributed by atoms with E-state index in [2.05, 4.69) is 4.98 Å². The third kappa shape index (κ3) is 2.62. The van der Waals surface area contributed by atoms with Crippen molar-refractivity contribution >= 4 is 11.3 Å². The lowest BCUT2D eigenvalue weighted by Crippen LogP contribution is -1.99. The van der Waals surface area contributed by atoms with Gasteiger partial charge in [-0.1, -0.05) is 17.4 Å². The van der Waals surface area contributed by atoms with Gasteiger partial charge in [0.15, 0.2) is 0 Å². The molecule has 0 spiro atoms. The minimum atomic E-state index is -0.352. The van der Waals surface area contributed by atoms with Crippen molar-refractivity contribution in [2.24, 2.45) is 5.73 Å². The molecule has 0 radical (unpaired) electrons. The molecule has 0 amide bonds. The second-order valence-electron chi connectivity index (χ2n) is 3.68. The third-order valence-electron chi connectivity index (χ3n) is 2.46. The number of nitrogens with zero attached hydrogens (tertiary/aromatic N) is 1. The van der Waals surface area contributed by atoms with E-state index in [9.17, 15) is 4.39 Å². The van der Waals surface area contributed by atoms with E-state index in [4.69, 9.17) is 10.5 Å². The fourth-order valence-electron chi connectivity index (χ4n) is 1.34. The highest BCUT2D eigenvalue weighted by molar-refractivity contribution is 7.13. The van der Waals surface area contributed by atoms with Crippen LogP contribution < -0.4 is 10.5 Å². The molecular formula is C12H13FN2OS. The highest BCUT2D eigenvalue weighted by Crippen LogP contribution is 2.29. The number of rotatable bonds is 3. The van der Waals surface area contributed by atoms with Gasteiger partial charge in [-0.25, -0.2) is 9.37 Å². The smallest absolute Gasteiger partial charge is 0.279 e. The maximum Gasteiger partial charge on any atom is 0.279 e. The van der Waals surface area contributed by atoms with Gasteiger partial charge in [0.1, 0.15) is 11.6 Å². The van der Waals surface area contributed by atoms with Gasteiger partial charge in [0.05, 0.1) is 5.69 Å². The quantitative estimate of drug-likeness (QED) is 0.912. The van der Waals surface area contributed by atoms with E-state index < -0.39 is 0 Å². The number of hydrogen-bond donors (Lipinski definition) is 1. The summed E-state index contributed by atoms with van der Waals surface area (Å²) in [5.41, 5.74) is 6.80. The van der Waals surface area contributed by atoms with E-state index >= 15 is 0 Å². The van der Waals surface area contributed by atoms with Gasteiger partial charge in [0.2, 0.25) is 0 Å². The number of aromatic nitrogens is 1. The zero-order valence-corrected chi connectivity index (χ0v) is 10.5. The Hall–Kier alpha value is -1.46. The summed E-state index contributed by atoms with van der Waals surface area (Å²) in [7, 11) is 0. The summed E-state index contributed by atoms with van der Waals surface area (Å²) in [6.45, 7) is 4.07. The van der Waals surface area contributed by atoms with Crippen molar-refractivity contribution in [3.63, 3.8) is 0 Å². The fourth-order valence-corrected chi connectivity index (χ4v) is 2.12. The lowest BCUT2D eigenvalue weighted by atomic mass is 10.2. The predicted molar refractivity (Wildman–Crippen MR) is 66.0 cm³/mol. The van der Waals surface area contributed by atoms with Crippen LogP contribution in [0.5, 0.6) is 10.9 Å². The Kier molecular flexibility index (Phi) is 3.40. The molecule has 90 valence electrons. The molecule has 1 aromatic heterocycles. The van der Waals surface area contributed by atoms with Crippen LogP contribution in [0.25, 0.3) is 0 Å². The molecule has 0 fully saturated rings. The van der Waals surface area contributed by atoms with Crippen molar-refractivity contribution in [2.45, 2.75) is 20.4 Å². The Bertz CT molecular complexity index is 520. The van der Waals surface area contributed by atoms with Crippen LogP contribution >= 0.6 is 11.3 Å². The van der Waals surface area contributed by atoms with Crippen LogP contribution in [-0.4, -0.2) is 4.98 Å². The SMILES string of the molecule is Cc1nc(Oc2ccc(CN)c(F)c2)sc1C. The van der Waals surface area contributed by atoms with Gasteiger partial charge < -0.3 is 10.5 Å². The van der Waals surface area contributed by atoms with E-state index in [0.29, 0.717) is 16.5 Å². The Morgan fingerprint density at radius 3 is 2.71 bits per heavy atom. The monoisotopic (exact) mass is 252 g/mol. The molecular weight excluding hydrogens is 239 g/mol. The highest BCUT2D eigenvalue weighted by Gasteiger charge is 2.08. The molecule has 0 saturated heterocycles. The Morgan fingerprint density at radius 1 is 1.41 bits per heavy atom. The highest BCUT2D eigenvalue weighted by atomic mass is 32.1. The fraction of sp³-hybridized carbons (Fsp3) is 0.250. The van der Waals surface area contributed by atoms with Crippen LogP contribution in [0.1, 0.15) is 16.1 Å². The summed E-state index contributed by atoms with van der Waals surface area (Å²) >= 11 is 1.44. The minimum absolute atomic E-state index is 0.182. The summed E-state index contributed by atoms with van der Waals surface area (Å²) in [6, 6.07) is 4.64. The van der Waals surface area contributed by atoms with Crippen LogP contribution in [0.4, 0.5) is 4.39 Å². The average Bonchev–Trinajstić information content (AvgIpc) is 2.58. The molecule has 2 aromatic rings. The normalized spacial score (nSPS) is 10.6. The van der Waals surface area contributed by atoms with Gasteiger partial charge >= 0.3 is 0 Å². The van der Waals surface area contributed by atoms with Crippen molar-refractivity contribution in [1.82, 2.24) is 4.98 Å². The molecule has 2 rings (SSSR count). The number of ether oxygens (including phenoxy) is 1. The van der Waals surface area contributed by atoms with Crippen molar-refractivity contribution in [2.75, 3.05) is 0 Å². The van der Waals surface area contributed by atoms with Gasteiger partial charge in [-0.05, 0) is 19.9 Å². The molecule has 0 aliphatic carbocycles. The van der Waals surface area contributed by atoms with E-state index in [1.165, 1.54) is 17.4 Å². The minimum Gasteiger partial charge on any atom is -0.431 e. The molecule has 0 aliphatic rings. The lowest BCUT2D eigenvalue weighted by Gasteiger charge is -2.04. The summed E-state index contributed by atoms with van der Waals surface area (Å²) < 4.78 is 18.9. The number of halogens is 1. The van der Waals surface area contributed by atoms with Crippen molar-refractivity contribution < 1.29 is 9.13 Å². The number of nitrogens with two attached hydrogens (primary N) is 1. The van der Waals surface area contributed by atoms with Gasteiger partial charge in [-0.15, -0.1) is 0 Å². The summed E-state index contributed by atoms with van der Waals surface area (Å²) in [5.74, 6) is 0.0865. The third-order valence-corrected chi connectivity index (χ3v) is 3.41. The maximum absolute atomic E-state index is 13.5. The van der Waals surface area contributed by atoms with Crippen LogP contribution in [-0.2, 0) is 6.54 Å². The summed E-state index contributed by atoms with van der Waals surface area (Å²) in [6.07, 6.45) is 0. The molecule has 0 bridgehead atoms. The van der Waals surface area contributed by atoms with Gasteiger partial charge in [0, 0.05) is 23.1 Å². The van der Waals surface area contributed by atoms with E-state index in [1.54, 1.807) is 12.1 Å². The van der Waals surface area contributed by atoms with Crippen molar-refractivity contribution in [3.05, 3.63) is 40.2 Å². The molecule has 17 heavy (non-hydrogen) atoms. The van der Waals surface area contributed by atoms with E-state index in [0.717, 1.165) is 10.6 Å². The Balaban J connectivity index is 2.21. The second kappa shape index (κ2) is 4.81. The molecule has 5 heteroatoms. The molecule has 0 unspecified atom stereocenters. The Labute approximate surface area is 103 Å². The summed E-state index contributed by atoms with van der Waals surface area (Å²) in [5, 5.41) is 0.528. The topological polar surface area (TPSA) is 48.1 Å². The summed E-state index contributed by atoms with van der Waals surface area (Å²) in [4.78, 5) is 5.32. The van der Waals surface area contributed by atoms with Crippen LogP contribution in [0.2, 0.25) is 0 Å². The molecule has 0 aliphatic heterocycles. The second-order valence-corrected chi connectivity index (χ2v) is 4.85. The van der Waals surface area contributed by atoms with Crippen molar-refractivity contribution in [1.29, 1.82) is 0 Å². The standard InChI is InChI=1S/C12H13FN2OS/c1-7-8(2)17-12(15-7)16-10-4-3-9(6-14)11(13)5-10/h3-5H,6,14H2,1-2H3. The first-order valence-electron chi connectivity index (χ1n) is 5.20. The van der Waals surface area contributed by atoms with Gasteiger partial charge in [-0.2, -0.15) is 0 Å². The number of aryl methyl sites for hydroxylation is 2. The molecule has 1 aromatic carbocycles. The first-order valence-corrected chi connectivity index (χ1v) is 6.02. The van der Waals surface area contributed by atoms with Gasteiger partial charge in [0.25, 0.3) is 5.19 Å². The average molecular weight is 252 g/mol. The molecule has 3 nitrogen and oxygen atoms in total. The first-order chi connectivity index (χ1) is 8.10. The van der Waals surface area contributed by atoms with Crippen LogP contribution in [0.15, 0.2) is 18.2 Å². The van der Waals surface area contributed by atoms with E-state index in [-0.39, 0.29) is 12.4 Å². The number of benzene rings is 1. The van der Waals surface area contributed by atoms with Gasteiger partial charge in [-0.3, -0.25) is 0 Å². The van der Waals surface area contributed by atoms with Crippen LogP contribution in [0, 0.1) is 19.7 Å². The zero-order chi connectivity index (χ0) is 12.4. The Morgan fingerprint density at radius 2 is 2.18 bits per heavy atom. The largest absolute Gasteiger partial charge is 0.431 e. The maximum atomic E-state index is 13.5. The zero-order valence-electron chi connectivity index (χ0n) is 9.66. The molecule has 1 heterocycles. The number of thiazole rings is 1.